The maximum absolute atomic E-state index is 14.1. The largest absolute Gasteiger partial charge is 0.393 e. The summed E-state index contributed by atoms with van der Waals surface area (Å²) in [6.07, 6.45) is 0.608. The molecule has 4 heteroatoms. The molecule has 2 N–H and O–H groups in total. The SMILES string of the molecule is CCNCc1ccc(N2CCC(C(C)O)C2)c(F)c1. The van der Waals surface area contributed by atoms with Gasteiger partial charge < -0.3 is 15.3 Å². The van der Waals surface area contributed by atoms with Gasteiger partial charge in [0, 0.05) is 25.6 Å². The fraction of sp³-hybridized carbons (Fsp3) is 0.600. The van der Waals surface area contributed by atoms with E-state index in [4.69, 9.17) is 0 Å². The summed E-state index contributed by atoms with van der Waals surface area (Å²) >= 11 is 0. The zero-order chi connectivity index (χ0) is 13.8. The van der Waals surface area contributed by atoms with E-state index < -0.39 is 0 Å². The first-order valence-corrected chi connectivity index (χ1v) is 7.04. The van der Waals surface area contributed by atoms with Gasteiger partial charge in [0.2, 0.25) is 0 Å². The molecule has 1 heterocycles. The van der Waals surface area contributed by atoms with E-state index in [0.29, 0.717) is 12.2 Å². The van der Waals surface area contributed by atoms with Gasteiger partial charge in [-0.15, -0.1) is 0 Å². The standard InChI is InChI=1S/C15H23FN2O/c1-3-17-9-12-4-5-15(14(16)8-12)18-7-6-13(10-18)11(2)19/h4-5,8,11,13,17,19H,3,6-7,9-10H2,1-2H3. The van der Waals surface area contributed by atoms with Crippen molar-refractivity contribution in [1.29, 1.82) is 0 Å². The number of anilines is 1. The molecule has 0 spiro atoms. The average Bonchev–Trinajstić information content (AvgIpc) is 2.86. The van der Waals surface area contributed by atoms with Crippen molar-refractivity contribution in [3.63, 3.8) is 0 Å². The van der Waals surface area contributed by atoms with Crippen molar-refractivity contribution in [2.24, 2.45) is 5.92 Å². The summed E-state index contributed by atoms with van der Waals surface area (Å²) in [4.78, 5) is 2.03. The highest BCUT2D eigenvalue weighted by Gasteiger charge is 2.27. The first-order valence-electron chi connectivity index (χ1n) is 7.04. The minimum absolute atomic E-state index is 0.165. The Labute approximate surface area is 114 Å². The number of hydrogen-bond acceptors (Lipinski definition) is 3. The molecule has 3 nitrogen and oxygen atoms in total. The lowest BCUT2D eigenvalue weighted by molar-refractivity contribution is 0.136. The Hall–Kier alpha value is -1.13. The number of halogens is 1. The predicted octanol–water partition coefficient (Wildman–Crippen LogP) is 2.14. The molecule has 2 atom stereocenters. The van der Waals surface area contributed by atoms with E-state index in [2.05, 4.69) is 5.32 Å². The Kier molecular flexibility index (Phi) is 4.77. The van der Waals surface area contributed by atoms with Crippen LogP contribution in [-0.2, 0) is 6.54 Å². The number of aliphatic hydroxyl groups excluding tert-OH is 1. The molecule has 0 aromatic heterocycles. The molecule has 0 saturated carbocycles. The van der Waals surface area contributed by atoms with Gasteiger partial charge in [-0.3, -0.25) is 0 Å². The third-order valence-corrected chi connectivity index (χ3v) is 3.84. The van der Waals surface area contributed by atoms with E-state index in [1.165, 1.54) is 0 Å². The summed E-state index contributed by atoms with van der Waals surface area (Å²) in [6.45, 7) is 6.98. The second-order valence-electron chi connectivity index (χ2n) is 5.30. The van der Waals surface area contributed by atoms with Gasteiger partial charge in [-0.05, 0) is 37.6 Å². The first kappa shape index (κ1) is 14.3. The van der Waals surface area contributed by atoms with Crippen LogP contribution in [-0.4, -0.2) is 30.8 Å². The van der Waals surface area contributed by atoms with E-state index in [1.807, 2.05) is 30.9 Å². The van der Waals surface area contributed by atoms with Crippen LogP contribution in [0.1, 0.15) is 25.8 Å². The minimum Gasteiger partial charge on any atom is -0.393 e. The maximum Gasteiger partial charge on any atom is 0.146 e. The van der Waals surface area contributed by atoms with Crippen molar-refractivity contribution in [1.82, 2.24) is 5.32 Å². The molecule has 19 heavy (non-hydrogen) atoms. The molecule has 0 aliphatic carbocycles. The van der Waals surface area contributed by atoms with Gasteiger partial charge in [-0.2, -0.15) is 0 Å². The van der Waals surface area contributed by atoms with Gasteiger partial charge >= 0.3 is 0 Å². The molecule has 106 valence electrons. The van der Waals surface area contributed by atoms with Crippen LogP contribution in [0.3, 0.4) is 0 Å². The van der Waals surface area contributed by atoms with E-state index in [9.17, 15) is 9.50 Å². The number of hydrogen-bond donors (Lipinski definition) is 2. The Morgan fingerprint density at radius 3 is 2.89 bits per heavy atom. The molecule has 1 aromatic carbocycles. The van der Waals surface area contributed by atoms with Crippen LogP contribution in [0, 0.1) is 11.7 Å². The minimum atomic E-state index is -0.318. The Bertz CT molecular complexity index is 423. The van der Waals surface area contributed by atoms with Crippen LogP contribution in [0.15, 0.2) is 18.2 Å². The van der Waals surface area contributed by atoms with Crippen molar-refractivity contribution < 1.29 is 9.50 Å². The molecule has 1 saturated heterocycles. The topological polar surface area (TPSA) is 35.5 Å². The molecule has 1 aromatic rings. The molecule has 0 amide bonds. The first-order chi connectivity index (χ1) is 9.11. The Morgan fingerprint density at radius 1 is 1.53 bits per heavy atom. The third-order valence-electron chi connectivity index (χ3n) is 3.84. The predicted molar refractivity (Wildman–Crippen MR) is 75.8 cm³/mol. The van der Waals surface area contributed by atoms with Crippen LogP contribution in [0.25, 0.3) is 0 Å². The van der Waals surface area contributed by atoms with Crippen LogP contribution >= 0.6 is 0 Å². The van der Waals surface area contributed by atoms with Crippen molar-refractivity contribution in [2.75, 3.05) is 24.5 Å². The summed E-state index contributed by atoms with van der Waals surface area (Å²) in [5.74, 6) is 0.0856. The number of nitrogens with one attached hydrogen (secondary N) is 1. The molecule has 0 bridgehead atoms. The van der Waals surface area contributed by atoms with E-state index in [0.717, 1.165) is 31.6 Å². The lowest BCUT2D eigenvalue weighted by Gasteiger charge is -2.20. The molecule has 1 aliphatic heterocycles. The third kappa shape index (κ3) is 3.45. The summed E-state index contributed by atoms with van der Waals surface area (Å²) in [5, 5.41) is 12.8. The summed E-state index contributed by atoms with van der Waals surface area (Å²) in [5.41, 5.74) is 1.62. The fourth-order valence-electron chi connectivity index (χ4n) is 2.59. The number of nitrogens with zero attached hydrogens (tertiary/aromatic N) is 1. The lowest BCUT2D eigenvalue weighted by Crippen LogP contribution is -2.24. The van der Waals surface area contributed by atoms with Gasteiger partial charge in [-0.1, -0.05) is 13.0 Å². The second kappa shape index (κ2) is 6.35. The highest BCUT2D eigenvalue weighted by Crippen LogP contribution is 2.28. The number of rotatable bonds is 5. The van der Waals surface area contributed by atoms with Gasteiger partial charge in [0.25, 0.3) is 0 Å². The van der Waals surface area contributed by atoms with Crippen molar-refractivity contribution in [3.05, 3.63) is 29.6 Å². The number of aliphatic hydroxyl groups is 1. The van der Waals surface area contributed by atoms with Crippen LogP contribution < -0.4 is 10.2 Å². The van der Waals surface area contributed by atoms with E-state index in [1.54, 1.807) is 6.07 Å². The molecule has 0 radical (unpaired) electrons. The molecule has 1 fully saturated rings. The van der Waals surface area contributed by atoms with Crippen LogP contribution in [0.2, 0.25) is 0 Å². The van der Waals surface area contributed by atoms with Gasteiger partial charge in [0.1, 0.15) is 5.82 Å². The molecule has 2 rings (SSSR count). The van der Waals surface area contributed by atoms with Crippen molar-refractivity contribution in [2.45, 2.75) is 32.9 Å². The smallest absolute Gasteiger partial charge is 0.146 e. The Morgan fingerprint density at radius 2 is 2.32 bits per heavy atom. The molecule has 2 unspecified atom stereocenters. The highest BCUT2D eigenvalue weighted by atomic mass is 19.1. The van der Waals surface area contributed by atoms with E-state index >= 15 is 0 Å². The lowest BCUT2D eigenvalue weighted by atomic mass is 10.0. The normalized spacial score (nSPS) is 20.8. The second-order valence-corrected chi connectivity index (χ2v) is 5.30. The van der Waals surface area contributed by atoms with Crippen molar-refractivity contribution in [3.8, 4) is 0 Å². The van der Waals surface area contributed by atoms with Crippen LogP contribution in [0.5, 0.6) is 0 Å². The molecular weight excluding hydrogens is 243 g/mol. The fourth-order valence-corrected chi connectivity index (χ4v) is 2.59. The zero-order valence-electron chi connectivity index (χ0n) is 11.7. The van der Waals surface area contributed by atoms with Gasteiger partial charge in [0.15, 0.2) is 0 Å². The Balaban J connectivity index is 2.05. The van der Waals surface area contributed by atoms with Crippen molar-refractivity contribution >= 4 is 5.69 Å². The number of benzene rings is 1. The van der Waals surface area contributed by atoms with Gasteiger partial charge in [0.05, 0.1) is 11.8 Å². The molecular formula is C15H23FN2O. The zero-order valence-corrected chi connectivity index (χ0v) is 11.7. The monoisotopic (exact) mass is 266 g/mol. The summed E-state index contributed by atoms with van der Waals surface area (Å²) in [6, 6.07) is 5.43. The van der Waals surface area contributed by atoms with Crippen LogP contribution in [0.4, 0.5) is 10.1 Å². The molecule has 1 aliphatic rings. The van der Waals surface area contributed by atoms with Gasteiger partial charge in [-0.25, -0.2) is 4.39 Å². The quantitative estimate of drug-likeness (QED) is 0.857. The summed E-state index contributed by atoms with van der Waals surface area (Å²) < 4.78 is 14.1. The maximum atomic E-state index is 14.1. The summed E-state index contributed by atoms with van der Waals surface area (Å²) in [7, 11) is 0. The van der Waals surface area contributed by atoms with E-state index in [-0.39, 0.29) is 17.8 Å². The highest BCUT2D eigenvalue weighted by molar-refractivity contribution is 5.50. The average molecular weight is 266 g/mol.